The number of fused-ring (bicyclic) bond motifs is 1. The molecule has 0 saturated heterocycles. The van der Waals surface area contributed by atoms with Gasteiger partial charge in [-0.1, -0.05) is 24.3 Å². The maximum Gasteiger partial charge on any atom is 0.137 e. The van der Waals surface area contributed by atoms with Gasteiger partial charge >= 0.3 is 0 Å². The molecule has 1 aromatic heterocycles. The minimum atomic E-state index is 0.198. The van der Waals surface area contributed by atoms with Crippen LogP contribution in [0.4, 0.5) is 0 Å². The lowest BCUT2D eigenvalue weighted by Gasteiger charge is -1.94. The molecule has 82 valence electrons. The SMILES string of the molecule is Cc1cccc2cc(C3=CC(N)CC3)oc12. The van der Waals surface area contributed by atoms with Crippen molar-refractivity contribution >= 4 is 16.5 Å². The van der Waals surface area contributed by atoms with Crippen molar-refractivity contribution in [1.82, 2.24) is 0 Å². The molecule has 2 heteroatoms. The van der Waals surface area contributed by atoms with Crippen LogP contribution >= 0.6 is 0 Å². The molecule has 16 heavy (non-hydrogen) atoms. The predicted octanol–water partition coefficient (Wildman–Crippen LogP) is 3.25. The van der Waals surface area contributed by atoms with E-state index in [0.717, 1.165) is 24.2 Å². The van der Waals surface area contributed by atoms with Gasteiger partial charge in [-0.3, -0.25) is 0 Å². The number of nitrogens with two attached hydrogens (primary N) is 1. The molecule has 1 atom stereocenters. The van der Waals surface area contributed by atoms with Crippen molar-refractivity contribution < 1.29 is 4.42 Å². The Bertz CT molecular complexity index is 565. The third-order valence-corrected chi connectivity index (χ3v) is 3.22. The predicted molar refractivity (Wildman–Crippen MR) is 66.1 cm³/mol. The van der Waals surface area contributed by atoms with Gasteiger partial charge in [0.2, 0.25) is 0 Å². The summed E-state index contributed by atoms with van der Waals surface area (Å²) in [5.74, 6) is 0.984. The van der Waals surface area contributed by atoms with E-state index in [-0.39, 0.29) is 6.04 Å². The van der Waals surface area contributed by atoms with E-state index < -0.39 is 0 Å². The summed E-state index contributed by atoms with van der Waals surface area (Å²) in [6, 6.07) is 8.54. The maximum atomic E-state index is 5.91. The summed E-state index contributed by atoms with van der Waals surface area (Å²) in [7, 11) is 0. The van der Waals surface area contributed by atoms with Crippen LogP contribution in [-0.2, 0) is 0 Å². The van der Waals surface area contributed by atoms with Crippen LogP contribution in [0.1, 0.15) is 24.2 Å². The van der Waals surface area contributed by atoms with Gasteiger partial charge in [-0.25, -0.2) is 0 Å². The number of hydrogen-bond donors (Lipinski definition) is 1. The average Bonchev–Trinajstić information content (AvgIpc) is 2.84. The molecule has 3 rings (SSSR count). The quantitative estimate of drug-likeness (QED) is 0.789. The molecule has 1 heterocycles. The molecule has 1 aliphatic rings. The summed E-state index contributed by atoms with van der Waals surface area (Å²) < 4.78 is 5.91. The number of para-hydroxylation sites is 1. The fraction of sp³-hybridized carbons (Fsp3) is 0.286. The summed E-state index contributed by atoms with van der Waals surface area (Å²) in [5.41, 5.74) is 9.31. The van der Waals surface area contributed by atoms with E-state index in [2.05, 4.69) is 37.3 Å². The third kappa shape index (κ3) is 1.46. The fourth-order valence-electron chi connectivity index (χ4n) is 2.32. The zero-order valence-corrected chi connectivity index (χ0v) is 9.36. The Morgan fingerprint density at radius 3 is 2.94 bits per heavy atom. The Kier molecular flexibility index (Phi) is 2.11. The van der Waals surface area contributed by atoms with Gasteiger partial charge in [-0.2, -0.15) is 0 Å². The lowest BCUT2D eigenvalue weighted by atomic mass is 10.1. The lowest BCUT2D eigenvalue weighted by molar-refractivity contribution is 0.594. The van der Waals surface area contributed by atoms with Gasteiger partial charge in [0.05, 0.1) is 0 Å². The smallest absolute Gasteiger partial charge is 0.137 e. The van der Waals surface area contributed by atoms with E-state index in [9.17, 15) is 0 Å². The second-order valence-corrected chi connectivity index (χ2v) is 4.50. The van der Waals surface area contributed by atoms with Gasteiger partial charge in [0.1, 0.15) is 11.3 Å². The van der Waals surface area contributed by atoms with Crippen LogP contribution in [0.3, 0.4) is 0 Å². The summed E-state index contributed by atoms with van der Waals surface area (Å²) in [4.78, 5) is 0. The Balaban J connectivity index is 2.12. The van der Waals surface area contributed by atoms with Gasteiger partial charge in [0.15, 0.2) is 0 Å². The van der Waals surface area contributed by atoms with E-state index >= 15 is 0 Å². The molecule has 0 amide bonds. The summed E-state index contributed by atoms with van der Waals surface area (Å²) in [6.07, 6.45) is 4.18. The van der Waals surface area contributed by atoms with Crippen LogP contribution in [0.5, 0.6) is 0 Å². The number of furan rings is 1. The standard InChI is InChI=1S/C14H15NO/c1-9-3-2-4-11-8-13(16-14(9)11)10-5-6-12(15)7-10/h2-4,7-8,12H,5-6,15H2,1H3. The first kappa shape index (κ1) is 9.67. The van der Waals surface area contributed by atoms with Crippen molar-refractivity contribution in [2.45, 2.75) is 25.8 Å². The van der Waals surface area contributed by atoms with Crippen LogP contribution in [0.15, 0.2) is 34.8 Å². The number of rotatable bonds is 1. The van der Waals surface area contributed by atoms with Crippen LogP contribution in [-0.4, -0.2) is 6.04 Å². The zero-order valence-electron chi connectivity index (χ0n) is 9.36. The molecule has 2 N–H and O–H groups in total. The second-order valence-electron chi connectivity index (χ2n) is 4.50. The van der Waals surface area contributed by atoms with Crippen molar-refractivity contribution in [1.29, 1.82) is 0 Å². The van der Waals surface area contributed by atoms with Crippen LogP contribution in [0, 0.1) is 6.92 Å². The summed E-state index contributed by atoms with van der Waals surface area (Å²) >= 11 is 0. The molecule has 2 aromatic rings. The first-order chi connectivity index (χ1) is 7.74. The first-order valence-corrected chi connectivity index (χ1v) is 5.70. The van der Waals surface area contributed by atoms with Gasteiger partial charge < -0.3 is 10.2 Å². The van der Waals surface area contributed by atoms with E-state index in [1.165, 1.54) is 16.5 Å². The number of benzene rings is 1. The van der Waals surface area contributed by atoms with E-state index in [0.29, 0.717) is 0 Å². The topological polar surface area (TPSA) is 39.2 Å². The molecule has 0 aliphatic heterocycles. The van der Waals surface area contributed by atoms with Crippen LogP contribution < -0.4 is 5.73 Å². The van der Waals surface area contributed by atoms with Gasteiger partial charge in [-0.15, -0.1) is 0 Å². The molecule has 0 fully saturated rings. The van der Waals surface area contributed by atoms with Gasteiger partial charge in [-0.05, 0) is 37.0 Å². The number of allylic oxidation sites excluding steroid dienone is 1. The van der Waals surface area contributed by atoms with E-state index in [1.807, 2.05) is 0 Å². The average molecular weight is 213 g/mol. The lowest BCUT2D eigenvalue weighted by Crippen LogP contribution is -2.11. The molecule has 1 aliphatic carbocycles. The molecule has 0 bridgehead atoms. The molecule has 0 radical (unpaired) electrons. The Morgan fingerprint density at radius 1 is 1.38 bits per heavy atom. The van der Waals surface area contributed by atoms with Crippen molar-refractivity contribution in [2.24, 2.45) is 5.73 Å². The van der Waals surface area contributed by atoms with Crippen molar-refractivity contribution in [3.8, 4) is 0 Å². The molecular weight excluding hydrogens is 198 g/mol. The summed E-state index contributed by atoms with van der Waals surface area (Å²) in [6.45, 7) is 2.07. The van der Waals surface area contributed by atoms with E-state index in [1.54, 1.807) is 0 Å². The highest BCUT2D eigenvalue weighted by molar-refractivity contribution is 5.84. The molecule has 1 aromatic carbocycles. The fourth-order valence-corrected chi connectivity index (χ4v) is 2.32. The first-order valence-electron chi connectivity index (χ1n) is 5.70. The van der Waals surface area contributed by atoms with Crippen molar-refractivity contribution in [3.63, 3.8) is 0 Å². The second kappa shape index (κ2) is 3.49. The highest BCUT2D eigenvalue weighted by Gasteiger charge is 2.16. The minimum absolute atomic E-state index is 0.198. The van der Waals surface area contributed by atoms with E-state index in [4.69, 9.17) is 10.2 Å². The monoisotopic (exact) mass is 213 g/mol. The van der Waals surface area contributed by atoms with Crippen LogP contribution in [0.2, 0.25) is 0 Å². The minimum Gasteiger partial charge on any atom is -0.456 e. The number of aryl methyl sites for hydroxylation is 1. The molecule has 0 spiro atoms. The largest absolute Gasteiger partial charge is 0.456 e. The molecular formula is C14H15NO. The highest BCUT2D eigenvalue weighted by atomic mass is 16.3. The highest BCUT2D eigenvalue weighted by Crippen LogP contribution is 2.32. The zero-order chi connectivity index (χ0) is 11.1. The Morgan fingerprint density at radius 2 is 2.25 bits per heavy atom. The molecule has 1 unspecified atom stereocenters. The van der Waals surface area contributed by atoms with Crippen molar-refractivity contribution in [3.05, 3.63) is 41.7 Å². The maximum absolute atomic E-state index is 5.91. The molecule has 0 saturated carbocycles. The van der Waals surface area contributed by atoms with Gasteiger partial charge in [0.25, 0.3) is 0 Å². The van der Waals surface area contributed by atoms with Crippen molar-refractivity contribution in [2.75, 3.05) is 0 Å². The van der Waals surface area contributed by atoms with Gasteiger partial charge in [0, 0.05) is 11.4 Å². The molecule has 2 nitrogen and oxygen atoms in total. The number of hydrogen-bond acceptors (Lipinski definition) is 2. The normalized spacial score (nSPS) is 20.4. The third-order valence-electron chi connectivity index (χ3n) is 3.22. The van der Waals surface area contributed by atoms with Crippen LogP contribution in [0.25, 0.3) is 16.5 Å². The Hall–Kier alpha value is -1.54. The summed E-state index contributed by atoms with van der Waals surface area (Å²) in [5, 5.41) is 1.18. The Labute approximate surface area is 94.7 Å².